The minimum Gasteiger partial charge on any atom is -0.376 e. The number of imidazole rings is 1. The number of nitrogens with zero attached hydrogens (tertiary/aromatic N) is 2. The van der Waals surface area contributed by atoms with E-state index in [4.69, 9.17) is 9.47 Å². The quantitative estimate of drug-likeness (QED) is 0.822. The van der Waals surface area contributed by atoms with Crippen molar-refractivity contribution in [3.05, 3.63) is 17.7 Å². The summed E-state index contributed by atoms with van der Waals surface area (Å²) in [5, 5.41) is 2.84. The molecule has 1 fully saturated rings. The highest BCUT2D eigenvalue weighted by atomic mass is 16.6. The minimum absolute atomic E-state index is 0.0340. The number of rotatable bonds is 4. The van der Waals surface area contributed by atoms with Gasteiger partial charge in [0.15, 0.2) is 0 Å². The molecule has 0 aliphatic carbocycles. The van der Waals surface area contributed by atoms with Crippen LogP contribution < -0.4 is 5.32 Å². The van der Waals surface area contributed by atoms with Crippen molar-refractivity contribution in [2.75, 3.05) is 26.4 Å². The molecule has 1 saturated heterocycles. The highest BCUT2D eigenvalue weighted by Gasteiger charge is 2.15. The van der Waals surface area contributed by atoms with E-state index in [-0.39, 0.29) is 12.0 Å². The van der Waals surface area contributed by atoms with Gasteiger partial charge in [-0.05, 0) is 13.8 Å². The Labute approximate surface area is 106 Å². The summed E-state index contributed by atoms with van der Waals surface area (Å²) in [6, 6.07) is 0. The van der Waals surface area contributed by atoms with Crippen molar-refractivity contribution < 1.29 is 14.3 Å². The summed E-state index contributed by atoms with van der Waals surface area (Å²) >= 11 is 0. The summed E-state index contributed by atoms with van der Waals surface area (Å²) in [5.74, 6) is -0.0373. The van der Waals surface area contributed by atoms with E-state index in [0.717, 1.165) is 11.4 Å². The van der Waals surface area contributed by atoms with E-state index < -0.39 is 0 Å². The first-order valence-electron chi connectivity index (χ1n) is 6.11. The van der Waals surface area contributed by atoms with Crippen molar-refractivity contribution in [1.82, 2.24) is 14.9 Å². The predicted molar refractivity (Wildman–Crippen MR) is 65.3 cm³/mol. The van der Waals surface area contributed by atoms with Gasteiger partial charge in [-0.3, -0.25) is 4.79 Å². The number of carbonyl (C=O) groups is 1. The Kier molecular flexibility index (Phi) is 4.33. The summed E-state index contributed by atoms with van der Waals surface area (Å²) in [7, 11) is 0. The highest BCUT2D eigenvalue weighted by molar-refractivity contribution is 5.75. The van der Waals surface area contributed by atoms with Gasteiger partial charge in [-0.25, -0.2) is 4.98 Å². The first-order chi connectivity index (χ1) is 8.66. The van der Waals surface area contributed by atoms with E-state index in [1.165, 1.54) is 0 Å². The number of hydrogen-bond donors (Lipinski definition) is 1. The Morgan fingerprint density at radius 3 is 3.00 bits per heavy atom. The molecule has 6 nitrogen and oxygen atoms in total. The molecule has 2 rings (SSSR count). The summed E-state index contributed by atoms with van der Waals surface area (Å²) in [4.78, 5) is 15.9. The number of aromatic nitrogens is 2. The van der Waals surface area contributed by atoms with Gasteiger partial charge in [-0.1, -0.05) is 0 Å². The van der Waals surface area contributed by atoms with Crippen LogP contribution in [0.3, 0.4) is 0 Å². The topological polar surface area (TPSA) is 65.4 Å². The molecule has 1 aliphatic heterocycles. The monoisotopic (exact) mass is 253 g/mol. The molecule has 1 atom stereocenters. The normalized spacial score (nSPS) is 19.8. The number of ether oxygens (including phenoxy) is 2. The van der Waals surface area contributed by atoms with Crippen LogP contribution in [0.15, 0.2) is 6.33 Å². The predicted octanol–water partition coefficient (Wildman–Crippen LogP) is 0.0315. The van der Waals surface area contributed by atoms with Crippen LogP contribution in [0.25, 0.3) is 0 Å². The molecule has 100 valence electrons. The van der Waals surface area contributed by atoms with Crippen LogP contribution in [0.4, 0.5) is 0 Å². The molecule has 0 bridgehead atoms. The standard InChI is InChI=1S/C12H19N3O3/c1-9-10(2)15(8-14-9)6-12(16)13-5-11-7-17-3-4-18-11/h8,11H,3-7H2,1-2H3,(H,13,16)/t11-/m0/s1. The smallest absolute Gasteiger partial charge is 0.240 e. The zero-order chi connectivity index (χ0) is 13.0. The third-order valence-corrected chi connectivity index (χ3v) is 3.07. The molecule has 0 unspecified atom stereocenters. The molecule has 1 aromatic heterocycles. The van der Waals surface area contributed by atoms with Gasteiger partial charge in [0, 0.05) is 12.2 Å². The summed E-state index contributed by atoms with van der Waals surface area (Å²) in [6.45, 7) is 6.44. The molecular weight excluding hydrogens is 234 g/mol. The van der Waals surface area contributed by atoms with Crippen LogP contribution in [0.1, 0.15) is 11.4 Å². The third kappa shape index (κ3) is 3.30. The molecule has 1 aromatic rings. The lowest BCUT2D eigenvalue weighted by atomic mass is 10.3. The second kappa shape index (κ2) is 5.97. The van der Waals surface area contributed by atoms with Crippen LogP contribution in [-0.2, 0) is 20.8 Å². The summed E-state index contributed by atoms with van der Waals surface area (Å²) in [6.07, 6.45) is 1.65. The fourth-order valence-corrected chi connectivity index (χ4v) is 1.80. The Hall–Kier alpha value is -1.40. The van der Waals surface area contributed by atoms with Crippen LogP contribution in [0, 0.1) is 13.8 Å². The maximum atomic E-state index is 11.8. The number of hydrogen-bond acceptors (Lipinski definition) is 4. The van der Waals surface area contributed by atoms with Crippen molar-refractivity contribution in [1.29, 1.82) is 0 Å². The molecule has 18 heavy (non-hydrogen) atoms. The van der Waals surface area contributed by atoms with E-state index in [9.17, 15) is 4.79 Å². The molecule has 0 spiro atoms. The maximum Gasteiger partial charge on any atom is 0.240 e. The van der Waals surface area contributed by atoms with Crippen molar-refractivity contribution >= 4 is 5.91 Å². The molecule has 6 heteroatoms. The van der Waals surface area contributed by atoms with Gasteiger partial charge >= 0.3 is 0 Å². The van der Waals surface area contributed by atoms with Crippen LogP contribution >= 0.6 is 0 Å². The number of nitrogens with one attached hydrogen (secondary N) is 1. The van der Waals surface area contributed by atoms with Gasteiger partial charge in [0.25, 0.3) is 0 Å². The number of amides is 1. The first kappa shape index (κ1) is 13.0. The Bertz CT molecular complexity index is 411. The molecule has 2 heterocycles. The molecule has 1 amide bonds. The van der Waals surface area contributed by atoms with E-state index in [1.807, 2.05) is 18.4 Å². The van der Waals surface area contributed by atoms with Crippen LogP contribution in [0.2, 0.25) is 0 Å². The van der Waals surface area contributed by atoms with E-state index >= 15 is 0 Å². The summed E-state index contributed by atoms with van der Waals surface area (Å²) < 4.78 is 12.5. The number of carbonyl (C=O) groups excluding carboxylic acids is 1. The van der Waals surface area contributed by atoms with E-state index in [2.05, 4.69) is 10.3 Å². The largest absolute Gasteiger partial charge is 0.376 e. The van der Waals surface area contributed by atoms with Crippen molar-refractivity contribution in [2.24, 2.45) is 0 Å². The van der Waals surface area contributed by atoms with Crippen molar-refractivity contribution in [3.8, 4) is 0 Å². The zero-order valence-electron chi connectivity index (χ0n) is 10.8. The second-order valence-electron chi connectivity index (χ2n) is 4.42. The fourth-order valence-electron chi connectivity index (χ4n) is 1.80. The van der Waals surface area contributed by atoms with E-state index in [0.29, 0.717) is 32.9 Å². The lowest BCUT2D eigenvalue weighted by Crippen LogP contribution is -2.40. The average molecular weight is 253 g/mol. The second-order valence-corrected chi connectivity index (χ2v) is 4.42. The molecular formula is C12H19N3O3. The highest BCUT2D eigenvalue weighted by Crippen LogP contribution is 2.03. The summed E-state index contributed by atoms with van der Waals surface area (Å²) in [5.41, 5.74) is 1.97. The van der Waals surface area contributed by atoms with Crippen LogP contribution in [-0.4, -0.2) is 47.9 Å². The third-order valence-electron chi connectivity index (χ3n) is 3.07. The number of aryl methyl sites for hydroxylation is 1. The molecule has 0 radical (unpaired) electrons. The van der Waals surface area contributed by atoms with E-state index in [1.54, 1.807) is 6.33 Å². The van der Waals surface area contributed by atoms with Crippen molar-refractivity contribution in [2.45, 2.75) is 26.5 Å². The van der Waals surface area contributed by atoms with Crippen molar-refractivity contribution in [3.63, 3.8) is 0 Å². The Morgan fingerprint density at radius 1 is 1.56 bits per heavy atom. The lowest BCUT2D eigenvalue weighted by molar-refractivity contribution is -0.124. The molecule has 1 N–H and O–H groups in total. The SMILES string of the molecule is Cc1ncn(CC(=O)NC[C@H]2COCCO2)c1C. The fraction of sp³-hybridized carbons (Fsp3) is 0.667. The average Bonchev–Trinajstić information content (AvgIpc) is 2.70. The minimum atomic E-state index is -0.0373. The van der Waals surface area contributed by atoms with Gasteiger partial charge in [0.1, 0.15) is 6.54 Å². The molecule has 0 saturated carbocycles. The molecule has 1 aliphatic rings. The maximum absolute atomic E-state index is 11.8. The Balaban J connectivity index is 1.76. The van der Waals surface area contributed by atoms with Gasteiger partial charge in [0.05, 0.1) is 37.9 Å². The van der Waals surface area contributed by atoms with Gasteiger partial charge in [-0.15, -0.1) is 0 Å². The van der Waals surface area contributed by atoms with Gasteiger partial charge in [-0.2, -0.15) is 0 Å². The lowest BCUT2D eigenvalue weighted by Gasteiger charge is -2.23. The first-order valence-corrected chi connectivity index (χ1v) is 6.11. The Morgan fingerprint density at radius 2 is 2.39 bits per heavy atom. The zero-order valence-corrected chi connectivity index (χ0v) is 10.8. The molecule has 0 aromatic carbocycles. The van der Waals surface area contributed by atoms with Crippen LogP contribution in [0.5, 0.6) is 0 Å². The van der Waals surface area contributed by atoms with Gasteiger partial charge in [0.2, 0.25) is 5.91 Å². The van der Waals surface area contributed by atoms with Gasteiger partial charge < -0.3 is 19.4 Å².